The van der Waals surface area contributed by atoms with Crippen LogP contribution in [0.2, 0.25) is 0 Å². The molecule has 0 aliphatic rings. The number of carbonyl (C=O) groups excluding carboxylic acids is 2. The fourth-order valence-electron chi connectivity index (χ4n) is 2.43. The lowest BCUT2D eigenvalue weighted by molar-refractivity contribution is -0.385. The van der Waals surface area contributed by atoms with Gasteiger partial charge < -0.3 is 14.4 Å². The van der Waals surface area contributed by atoms with Gasteiger partial charge in [0.25, 0.3) is 5.91 Å². The summed E-state index contributed by atoms with van der Waals surface area (Å²) >= 11 is 0. The van der Waals surface area contributed by atoms with Crippen molar-refractivity contribution in [2.45, 2.75) is 6.42 Å². The molecule has 0 radical (unpaired) electrons. The number of anilines is 1. The van der Waals surface area contributed by atoms with Crippen LogP contribution in [0.4, 0.5) is 15.8 Å². The summed E-state index contributed by atoms with van der Waals surface area (Å²) < 4.78 is 22.9. The third kappa shape index (κ3) is 5.49. The fourth-order valence-corrected chi connectivity index (χ4v) is 2.43. The third-order valence-electron chi connectivity index (χ3n) is 3.82. The topological polar surface area (TPSA) is 123 Å². The maximum Gasteiger partial charge on any atom is 0.338 e. The van der Waals surface area contributed by atoms with Gasteiger partial charge >= 0.3 is 11.7 Å². The molecule has 0 fully saturated rings. The first-order valence-corrected chi connectivity index (χ1v) is 8.29. The lowest BCUT2D eigenvalue weighted by Crippen LogP contribution is -2.35. The second-order valence-corrected chi connectivity index (χ2v) is 5.65. The minimum atomic E-state index is -0.941. The van der Waals surface area contributed by atoms with Crippen LogP contribution >= 0.6 is 0 Å². The second kappa shape index (κ2) is 9.80. The Kier molecular flexibility index (Phi) is 7.20. The van der Waals surface area contributed by atoms with E-state index in [0.29, 0.717) is 5.69 Å². The summed E-state index contributed by atoms with van der Waals surface area (Å²) in [6.45, 7) is -0.645. The van der Waals surface area contributed by atoms with Crippen molar-refractivity contribution in [3.05, 3.63) is 64.0 Å². The number of methoxy groups -OCH3 is 1. The summed E-state index contributed by atoms with van der Waals surface area (Å²) in [5.74, 6) is -2.10. The number of esters is 1. The van der Waals surface area contributed by atoms with Crippen LogP contribution in [0.5, 0.6) is 5.75 Å². The van der Waals surface area contributed by atoms with Crippen LogP contribution in [0.15, 0.2) is 42.5 Å². The van der Waals surface area contributed by atoms with Crippen LogP contribution in [-0.4, -0.2) is 37.1 Å². The number of rotatable bonds is 8. The van der Waals surface area contributed by atoms with E-state index in [2.05, 4.69) is 0 Å². The zero-order valence-electron chi connectivity index (χ0n) is 15.3. The molecule has 0 unspecified atom stereocenters. The van der Waals surface area contributed by atoms with Crippen molar-refractivity contribution in [1.29, 1.82) is 5.26 Å². The largest absolute Gasteiger partial charge is 0.490 e. The zero-order valence-corrected chi connectivity index (χ0v) is 15.3. The van der Waals surface area contributed by atoms with Crippen molar-refractivity contribution < 1.29 is 28.4 Å². The highest BCUT2D eigenvalue weighted by Gasteiger charge is 2.21. The van der Waals surface area contributed by atoms with E-state index in [0.717, 1.165) is 18.2 Å². The SMILES string of the molecule is COc1ccc(C(=O)OCC(=O)N(CCC#N)c2ccc(F)cc2)cc1[N+](=O)[O-]. The van der Waals surface area contributed by atoms with Crippen LogP contribution in [0.1, 0.15) is 16.8 Å². The number of nitrogens with zero attached hydrogens (tertiary/aromatic N) is 3. The van der Waals surface area contributed by atoms with E-state index in [4.69, 9.17) is 14.7 Å². The van der Waals surface area contributed by atoms with Gasteiger partial charge in [0, 0.05) is 18.3 Å². The van der Waals surface area contributed by atoms with Gasteiger partial charge in [-0.1, -0.05) is 0 Å². The summed E-state index contributed by atoms with van der Waals surface area (Å²) in [5, 5.41) is 19.8. The average molecular weight is 401 g/mol. The van der Waals surface area contributed by atoms with E-state index in [1.54, 1.807) is 0 Å². The summed E-state index contributed by atoms with van der Waals surface area (Å²) in [4.78, 5) is 36.2. The molecule has 2 aromatic rings. The van der Waals surface area contributed by atoms with Crippen LogP contribution in [0, 0.1) is 27.3 Å². The van der Waals surface area contributed by atoms with Gasteiger partial charge in [0.05, 0.1) is 30.1 Å². The quantitative estimate of drug-likeness (QED) is 0.378. The molecule has 2 aromatic carbocycles. The van der Waals surface area contributed by atoms with Gasteiger partial charge in [-0.3, -0.25) is 14.9 Å². The molecule has 0 spiro atoms. The monoisotopic (exact) mass is 401 g/mol. The highest BCUT2D eigenvalue weighted by molar-refractivity contribution is 5.97. The van der Waals surface area contributed by atoms with E-state index in [-0.39, 0.29) is 24.3 Å². The molecule has 10 heteroatoms. The lowest BCUT2D eigenvalue weighted by Gasteiger charge is -2.21. The van der Waals surface area contributed by atoms with Crippen molar-refractivity contribution in [2.75, 3.05) is 25.2 Å². The second-order valence-electron chi connectivity index (χ2n) is 5.65. The summed E-state index contributed by atoms with van der Waals surface area (Å²) in [6.07, 6.45) is 0.0156. The van der Waals surface area contributed by atoms with Crippen molar-refractivity contribution >= 4 is 23.3 Å². The minimum absolute atomic E-state index is 0.0156. The molecule has 1 amide bonds. The molecular formula is C19H16FN3O6. The fraction of sp³-hybridized carbons (Fsp3) is 0.211. The molecule has 2 rings (SSSR count). The van der Waals surface area contributed by atoms with E-state index < -0.39 is 34.9 Å². The van der Waals surface area contributed by atoms with Crippen molar-refractivity contribution in [3.8, 4) is 11.8 Å². The van der Waals surface area contributed by atoms with Crippen LogP contribution in [-0.2, 0) is 9.53 Å². The van der Waals surface area contributed by atoms with E-state index in [1.165, 1.54) is 36.3 Å². The Bertz CT molecular complexity index is 955. The number of nitro groups is 1. The van der Waals surface area contributed by atoms with Gasteiger partial charge in [0.15, 0.2) is 12.4 Å². The molecule has 0 saturated heterocycles. The highest BCUT2D eigenvalue weighted by atomic mass is 19.1. The molecule has 0 aliphatic heterocycles. The number of halogens is 1. The maximum absolute atomic E-state index is 13.1. The van der Waals surface area contributed by atoms with E-state index >= 15 is 0 Å². The van der Waals surface area contributed by atoms with Gasteiger partial charge in [-0.25, -0.2) is 9.18 Å². The Morgan fingerprint density at radius 1 is 1.24 bits per heavy atom. The standard InChI is InChI=1S/C19H16FN3O6/c1-28-17-8-3-13(11-16(17)23(26)27)19(25)29-12-18(24)22(10-2-9-21)15-6-4-14(20)5-7-15/h3-8,11H,2,10,12H2,1H3. The molecule has 0 heterocycles. The molecule has 0 aliphatic carbocycles. The number of carbonyl (C=O) groups is 2. The average Bonchev–Trinajstić information content (AvgIpc) is 2.72. The molecule has 150 valence electrons. The number of hydrogen-bond donors (Lipinski definition) is 0. The summed E-state index contributed by atoms with van der Waals surface area (Å²) in [6, 6.07) is 10.4. The molecule has 0 bridgehead atoms. The molecule has 0 aromatic heterocycles. The number of benzene rings is 2. The van der Waals surface area contributed by atoms with Gasteiger partial charge in [0.2, 0.25) is 0 Å². The first-order valence-electron chi connectivity index (χ1n) is 8.29. The van der Waals surface area contributed by atoms with Gasteiger partial charge in [-0.05, 0) is 36.4 Å². The molecule has 0 N–H and O–H groups in total. The Labute approximate surface area is 165 Å². The van der Waals surface area contributed by atoms with E-state index in [9.17, 15) is 24.1 Å². The van der Waals surface area contributed by atoms with E-state index in [1.807, 2.05) is 6.07 Å². The molecule has 0 saturated carbocycles. The lowest BCUT2D eigenvalue weighted by atomic mass is 10.2. The summed E-state index contributed by atoms with van der Waals surface area (Å²) in [5.41, 5.74) is -0.214. The van der Waals surface area contributed by atoms with Crippen molar-refractivity contribution in [2.24, 2.45) is 0 Å². The highest BCUT2D eigenvalue weighted by Crippen LogP contribution is 2.27. The molecular weight excluding hydrogens is 385 g/mol. The third-order valence-corrected chi connectivity index (χ3v) is 3.82. The van der Waals surface area contributed by atoms with Crippen LogP contribution in [0.25, 0.3) is 0 Å². The first-order chi connectivity index (χ1) is 13.9. The number of nitro benzene ring substituents is 1. The zero-order chi connectivity index (χ0) is 21.4. The van der Waals surface area contributed by atoms with Gasteiger partial charge in [0.1, 0.15) is 5.82 Å². The normalized spacial score (nSPS) is 9.97. The van der Waals surface area contributed by atoms with Crippen LogP contribution < -0.4 is 9.64 Å². The maximum atomic E-state index is 13.1. The predicted octanol–water partition coefficient (Wildman–Crippen LogP) is 2.85. The number of ether oxygens (including phenoxy) is 2. The van der Waals surface area contributed by atoms with Crippen molar-refractivity contribution in [3.63, 3.8) is 0 Å². The molecule has 0 atom stereocenters. The predicted molar refractivity (Wildman–Crippen MR) is 98.9 cm³/mol. The number of amides is 1. The number of nitriles is 1. The molecule has 9 nitrogen and oxygen atoms in total. The number of hydrogen-bond acceptors (Lipinski definition) is 7. The Morgan fingerprint density at radius 3 is 2.52 bits per heavy atom. The summed E-state index contributed by atoms with van der Waals surface area (Å²) in [7, 11) is 1.25. The van der Waals surface area contributed by atoms with Crippen LogP contribution in [0.3, 0.4) is 0 Å². The van der Waals surface area contributed by atoms with Gasteiger partial charge in [-0.15, -0.1) is 0 Å². The first kappa shape index (κ1) is 21.3. The smallest absolute Gasteiger partial charge is 0.338 e. The van der Waals surface area contributed by atoms with Gasteiger partial charge in [-0.2, -0.15) is 5.26 Å². The van der Waals surface area contributed by atoms with Crippen molar-refractivity contribution in [1.82, 2.24) is 0 Å². The Hall–Kier alpha value is -4.00. The Balaban J connectivity index is 2.11. The minimum Gasteiger partial charge on any atom is -0.490 e. The Morgan fingerprint density at radius 2 is 1.93 bits per heavy atom. The molecule has 29 heavy (non-hydrogen) atoms.